The highest BCUT2D eigenvalue weighted by Gasteiger charge is 2.22. The van der Waals surface area contributed by atoms with E-state index in [0.717, 1.165) is 18.7 Å². The fraction of sp³-hybridized carbons (Fsp3) is 0.269. The van der Waals surface area contributed by atoms with Gasteiger partial charge in [-0.3, -0.25) is 4.79 Å². The Morgan fingerprint density at radius 3 is 2.44 bits per heavy atom. The number of nitrogens with zero attached hydrogens (tertiary/aromatic N) is 2. The molecule has 6 nitrogen and oxygen atoms in total. The molecule has 1 aliphatic heterocycles. The lowest BCUT2D eigenvalue weighted by Gasteiger charge is -2.37. The predicted octanol–water partition coefficient (Wildman–Crippen LogP) is 3.51. The molecule has 0 aliphatic carbocycles. The van der Waals surface area contributed by atoms with Crippen molar-refractivity contribution in [2.75, 3.05) is 44.7 Å². The van der Waals surface area contributed by atoms with Crippen molar-refractivity contribution in [3.8, 4) is 22.6 Å². The Balaban J connectivity index is 1.30. The third-order valence-electron chi connectivity index (χ3n) is 5.81. The molecular weight excluding hydrogens is 402 g/mol. The number of piperazine rings is 1. The second kappa shape index (κ2) is 10.2. The minimum absolute atomic E-state index is 0.103. The van der Waals surface area contributed by atoms with Crippen molar-refractivity contribution in [1.82, 2.24) is 10.2 Å². The van der Waals surface area contributed by atoms with Gasteiger partial charge in [0.15, 0.2) is 11.5 Å². The van der Waals surface area contributed by atoms with E-state index in [1.807, 2.05) is 17.0 Å². The van der Waals surface area contributed by atoms with Gasteiger partial charge in [0.1, 0.15) is 0 Å². The zero-order valence-corrected chi connectivity index (χ0v) is 18.3. The highest BCUT2D eigenvalue weighted by atomic mass is 16.5. The lowest BCUT2D eigenvalue weighted by Crippen LogP contribution is -2.50. The lowest BCUT2D eigenvalue weighted by atomic mass is 10.0. The first kappa shape index (κ1) is 21.7. The number of methoxy groups -OCH3 is 1. The van der Waals surface area contributed by atoms with Crippen LogP contribution in [-0.2, 0) is 11.3 Å². The number of carbonyl (C=O) groups excluding carboxylic acids is 1. The van der Waals surface area contributed by atoms with Crippen molar-refractivity contribution < 1.29 is 14.6 Å². The smallest absolute Gasteiger partial charge is 0.236 e. The zero-order chi connectivity index (χ0) is 22.3. The number of ether oxygens (including phenoxy) is 1. The molecule has 3 aromatic carbocycles. The summed E-state index contributed by atoms with van der Waals surface area (Å²) in [6.07, 6.45) is 0. The topological polar surface area (TPSA) is 65.0 Å². The van der Waals surface area contributed by atoms with E-state index < -0.39 is 0 Å². The van der Waals surface area contributed by atoms with Crippen molar-refractivity contribution in [3.63, 3.8) is 0 Å². The SMILES string of the molecule is COc1cc(CNCC(=O)N2CCN(c3ccccc3-c3ccccc3)CC2)ccc1O. The van der Waals surface area contributed by atoms with E-state index in [4.69, 9.17) is 4.74 Å². The van der Waals surface area contributed by atoms with E-state index in [1.54, 1.807) is 12.1 Å². The van der Waals surface area contributed by atoms with Crippen molar-refractivity contribution >= 4 is 11.6 Å². The van der Waals surface area contributed by atoms with Crippen LogP contribution in [-0.4, -0.2) is 55.7 Å². The van der Waals surface area contributed by atoms with Crippen LogP contribution in [0.15, 0.2) is 72.8 Å². The minimum atomic E-state index is 0.103. The molecule has 1 fully saturated rings. The second-order valence-corrected chi connectivity index (χ2v) is 7.86. The Morgan fingerprint density at radius 1 is 0.969 bits per heavy atom. The maximum atomic E-state index is 12.7. The molecule has 1 saturated heterocycles. The second-order valence-electron chi connectivity index (χ2n) is 7.86. The van der Waals surface area contributed by atoms with Gasteiger partial charge in [0, 0.05) is 44.0 Å². The molecule has 2 N–H and O–H groups in total. The number of amides is 1. The summed E-state index contributed by atoms with van der Waals surface area (Å²) >= 11 is 0. The maximum absolute atomic E-state index is 12.7. The zero-order valence-electron chi connectivity index (χ0n) is 18.3. The van der Waals surface area contributed by atoms with Gasteiger partial charge in [0.25, 0.3) is 0 Å². The molecule has 0 unspecified atom stereocenters. The van der Waals surface area contributed by atoms with E-state index in [9.17, 15) is 9.90 Å². The van der Waals surface area contributed by atoms with Gasteiger partial charge in [0.05, 0.1) is 13.7 Å². The Morgan fingerprint density at radius 2 is 1.69 bits per heavy atom. The van der Waals surface area contributed by atoms with Gasteiger partial charge >= 0.3 is 0 Å². The Labute approximate surface area is 189 Å². The van der Waals surface area contributed by atoms with E-state index >= 15 is 0 Å². The summed E-state index contributed by atoms with van der Waals surface area (Å²) < 4.78 is 5.13. The van der Waals surface area contributed by atoms with Crippen molar-refractivity contribution in [2.45, 2.75) is 6.54 Å². The number of phenols is 1. The van der Waals surface area contributed by atoms with E-state index in [1.165, 1.54) is 23.9 Å². The number of anilines is 1. The van der Waals surface area contributed by atoms with Crippen LogP contribution in [0.5, 0.6) is 11.5 Å². The number of para-hydroxylation sites is 1. The molecule has 32 heavy (non-hydrogen) atoms. The molecule has 0 aromatic heterocycles. The summed E-state index contributed by atoms with van der Waals surface area (Å²) in [4.78, 5) is 17.0. The summed E-state index contributed by atoms with van der Waals surface area (Å²) in [6, 6.07) is 24.1. The number of aromatic hydroxyl groups is 1. The standard InChI is InChI=1S/C26H29N3O3/c1-32-25-17-20(11-12-24(25)30)18-27-19-26(31)29-15-13-28(14-16-29)23-10-6-5-9-22(23)21-7-3-2-4-8-21/h2-12,17,27,30H,13-16,18-19H2,1H3. The molecular formula is C26H29N3O3. The maximum Gasteiger partial charge on any atom is 0.236 e. The number of benzene rings is 3. The van der Waals surface area contributed by atoms with Gasteiger partial charge in [-0.1, -0.05) is 54.6 Å². The van der Waals surface area contributed by atoms with Crippen LogP contribution in [0.25, 0.3) is 11.1 Å². The third kappa shape index (κ3) is 5.03. The van der Waals surface area contributed by atoms with E-state index in [-0.39, 0.29) is 18.2 Å². The molecule has 0 spiro atoms. The first-order valence-corrected chi connectivity index (χ1v) is 10.9. The normalized spacial score (nSPS) is 13.8. The van der Waals surface area contributed by atoms with Gasteiger partial charge in [0.2, 0.25) is 5.91 Å². The van der Waals surface area contributed by atoms with Crippen molar-refractivity contribution in [3.05, 3.63) is 78.4 Å². The number of hydrogen-bond donors (Lipinski definition) is 2. The van der Waals surface area contributed by atoms with Crippen LogP contribution in [0.1, 0.15) is 5.56 Å². The van der Waals surface area contributed by atoms with Gasteiger partial charge in [-0.15, -0.1) is 0 Å². The fourth-order valence-electron chi connectivity index (χ4n) is 4.07. The number of rotatable bonds is 7. The monoisotopic (exact) mass is 431 g/mol. The summed E-state index contributed by atoms with van der Waals surface area (Å²) in [5.74, 6) is 0.647. The molecule has 3 aromatic rings. The molecule has 1 aliphatic rings. The van der Waals surface area contributed by atoms with Gasteiger partial charge < -0.3 is 25.0 Å². The van der Waals surface area contributed by atoms with Crippen LogP contribution in [0, 0.1) is 0 Å². The summed E-state index contributed by atoms with van der Waals surface area (Å²) in [5.41, 5.74) is 4.59. The summed E-state index contributed by atoms with van der Waals surface area (Å²) in [7, 11) is 1.52. The molecule has 4 rings (SSSR count). The Hall–Kier alpha value is -3.51. The average Bonchev–Trinajstić information content (AvgIpc) is 2.85. The number of hydrogen-bond acceptors (Lipinski definition) is 5. The van der Waals surface area contributed by atoms with Crippen LogP contribution < -0.4 is 15.0 Å². The summed E-state index contributed by atoms with van der Waals surface area (Å²) in [6.45, 7) is 3.85. The molecule has 1 heterocycles. The molecule has 0 saturated carbocycles. The fourth-order valence-corrected chi connectivity index (χ4v) is 4.07. The molecule has 166 valence electrons. The highest BCUT2D eigenvalue weighted by Crippen LogP contribution is 2.31. The summed E-state index contributed by atoms with van der Waals surface area (Å²) in [5, 5.41) is 12.9. The number of carbonyl (C=O) groups is 1. The quantitative estimate of drug-likeness (QED) is 0.599. The van der Waals surface area contributed by atoms with Gasteiger partial charge in [-0.05, 0) is 29.3 Å². The third-order valence-corrected chi connectivity index (χ3v) is 5.81. The predicted molar refractivity (Wildman–Crippen MR) is 127 cm³/mol. The van der Waals surface area contributed by atoms with Crippen LogP contribution in [0.3, 0.4) is 0 Å². The van der Waals surface area contributed by atoms with Crippen LogP contribution in [0.4, 0.5) is 5.69 Å². The molecule has 0 bridgehead atoms. The van der Waals surface area contributed by atoms with Gasteiger partial charge in [-0.2, -0.15) is 0 Å². The van der Waals surface area contributed by atoms with Gasteiger partial charge in [-0.25, -0.2) is 0 Å². The highest BCUT2D eigenvalue weighted by molar-refractivity contribution is 5.80. The molecule has 1 amide bonds. The lowest BCUT2D eigenvalue weighted by molar-refractivity contribution is -0.130. The Bertz CT molecular complexity index is 1050. The van der Waals surface area contributed by atoms with Crippen LogP contribution >= 0.6 is 0 Å². The number of phenolic OH excluding ortho intramolecular Hbond substituents is 1. The van der Waals surface area contributed by atoms with E-state index in [0.29, 0.717) is 25.4 Å². The first-order chi connectivity index (χ1) is 15.7. The number of nitrogens with one attached hydrogen (secondary N) is 1. The molecule has 0 atom stereocenters. The molecule has 0 radical (unpaired) electrons. The first-order valence-electron chi connectivity index (χ1n) is 10.9. The minimum Gasteiger partial charge on any atom is -0.504 e. The van der Waals surface area contributed by atoms with E-state index in [2.05, 4.69) is 58.7 Å². The average molecular weight is 432 g/mol. The largest absolute Gasteiger partial charge is 0.504 e. The Kier molecular flexibility index (Phi) is 6.92. The molecule has 6 heteroatoms. The van der Waals surface area contributed by atoms with Crippen LogP contribution in [0.2, 0.25) is 0 Å². The van der Waals surface area contributed by atoms with Crippen molar-refractivity contribution in [2.24, 2.45) is 0 Å². The van der Waals surface area contributed by atoms with Crippen molar-refractivity contribution in [1.29, 1.82) is 0 Å².